The number of aromatic nitrogens is 2. The Bertz CT molecular complexity index is 763. The molecule has 128 valence electrons. The summed E-state index contributed by atoms with van der Waals surface area (Å²) in [7, 11) is 0. The Balaban J connectivity index is 1.66. The van der Waals surface area contributed by atoms with Crippen LogP contribution in [-0.4, -0.2) is 46.7 Å². The SMILES string of the molecule is CCCCN1CCC(NC(=O)c2n[nH]c(=O)c3ccccc23)CC1. The molecule has 0 radical (unpaired) electrons. The van der Waals surface area contributed by atoms with Crippen molar-refractivity contribution in [1.29, 1.82) is 0 Å². The molecule has 3 rings (SSSR count). The average Bonchev–Trinajstić information content (AvgIpc) is 2.61. The van der Waals surface area contributed by atoms with Gasteiger partial charge in [0.2, 0.25) is 0 Å². The van der Waals surface area contributed by atoms with Crippen LogP contribution in [0.5, 0.6) is 0 Å². The van der Waals surface area contributed by atoms with Crippen LogP contribution in [0.15, 0.2) is 29.1 Å². The summed E-state index contributed by atoms with van der Waals surface area (Å²) in [5.74, 6) is -0.213. The molecule has 0 saturated carbocycles. The van der Waals surface area contributed by atoms with Gasteiger partial charge in [0.15, 0.2) is 5.69 Å². The minimum absolute atomic E-state index is 0.169. The molecule has 0 spiro atoms. The van der Waals surface area contributed by atoms with Crippen molar-refractivity contribution < 1.29 is 4.79 Å². The second kappa shape index (κ2) is 7.57. The molecule has 1 aliphatic heterocycles. The Morgan fingerprint density at radius 1 is 1.29 bits per heavy atom. The number of H-pyrrole nitrogens is 1. The highest BCUT2D eigenvalue weighted by Crippen LogP contribution is 2.15. The first-order valence-electron chi connectivity index (χ1n) is 8.69. The fraction of sp³-hybridized carbons (Fsp3) is 0.500. The van der Waals surface area contributed by atoms with Gasteiger partial charge in [-0.05, 0) is 31.9 Å². The molecular weight excluding hydrogens is 304 g/mol. The van der Waals surface area contributed by atoms with E-state index in [0.29, 0.717) is 16.5 Å². The molecule has 6 nitrogen and oxygen atoms in total. The lowest BCUT2D eigenvalue weighted by Crippen LogP contribution is -2.45. The van der Waals surface area contributed by atoms with Gasteiger partial charge < -0.3 is 10.2 Å². The Hall–Kier alpha value is -2.21. The molecule has 1 amide bonds. The second-order valence-corrected chi connectivity index (χ2v) is 6.39. The highest BCUT2D eigenvalue weighted by atomic mass is 16.2. The van der Waals surface area contributed by atoms with Crippen molar-refractivity contribution in [2.75, 3.05) is 19.6 Å². The molecule has 24 heavy (non-hydrogen) atoms. The van der Waals surface area contributed by atoms with E-state index in [1.54, 1.807) is 18.2 Å². The lowest BCUT2D eigenvalue weighted by Gasteiger charge is -2.32. The molecule has 1 saturated heterocycles. The van der Waals surface area contributed by atoms with E-state index in [9.17, 15) is 9.59 Å². The zero-order chi connectivity index (χ0) is 16.9. The number of amides is 1. The van der Waals surface area contributed by atoms with Gasteiger partial charge in [0.1, 0.15) is 0 Å². The van der Waals surface area contributed by atoms with Gasteiger partial charge in [-0.25, -0.2) is 5.10 Å². The fourth-order valence-electron chi connectivity index (χ4n) is 3.22. The smallest absolute Gasteiger partial charge is 0.272 e. The lowest BCUT2D eigenvalue weighted by molar-refractivity contribution is 0.0906. The maximum Gasteiger partial charge on any atom is 0.272 e. The highest BCUT2D eigenvalue weighted by molar-refractivity contribution is 6.04. The number of benzene rings is 1. The first-order chi connectivity index (χ1) is 11.7. The van der Waals surface area contributed by atoms with Crippen LogP contribution in [0.2, 0.25) is 0 Å². The summed E-state index contributed by atoms with van der Waals surface area (Å²) >= 11 is 0. The summed E-state index contributed by atoms with van der Waals surface area (Å²) in [4.78, 5) is 26.9. The first kappa shape index (κ1) is 16.6. The molecule has 0 aliphatic carbocycles. The summed E-state index contributed by atoms with van der Waals surface area (Å²) < 4.78 is 0. The molecule has 2 aromatic rings. The maximum absolute atomic E-state index is 12.6. The first-order valence-corrected chi connectivity index (χ1v) is 8.69. The van der Waals surface area contributed by atoms with Crippen LogP contribution in [0.25, 0.3) is 10.8 Å². The third kappa shape index (κ3) is 3.64. The van der Waals surface area contributed by atoms with E-state index < -0.39 is 0 Å². The van der Waals surface area contributed by atoms with Gasteiger partial charge in [-0.15, -0.1) is 0 Å². The molecule has 2 heterocycles. The molecule has 2 N–H and O–H groups in total. The number of nitrogens with one attached hydrogen (secondary N) is 2. The van der Waals surface area contributed by atoms with Crippen molar-refractivity contribution >= 4 is 16.7 Å². The largest absolute Gasteiger partial charge is 0.348 e. The number of carbonyl (C=O) groups is 1. The van der Waals surface area contributed by atoms with E-state index in [1.165, 1.54) is 12.8 Å². The molecule has 0 atom stereocenters. The van der Waals surface area contributed by atoms with Crippen LogP contribution >= 0.6 is 0 Å². The Kier molecular flexibility index (Phi) is 5.25. The fourth-order valence-corrected chi connectivity index (χ4v) is 3.22. The van der Waals surface area contributed by atoms with Crippen molar-refractivity contribution in [2.24, 2.45) is 0 Å². The van der Waals surface area contributed by atoms with Crippen LogP contribution in [-0.2, 0) is 0 Å². The van der Waals surface area contributed by atoms with Crippen LogP contribution in [0, 0.1) is 0 Å². The zero-order valence-corrected chi connectivity index (χ0v) is 14.0. The molecule has 0 unspecified atom stereocenters. The van der Waals surface area contributed by atoms with Gasteiger partial charge in [0.25, 0.3) is 11.5 Å². The predicted octanol–water partition coefficient (Wildman–Crippen LogP) is 1.92. The monoisotopic (exact) mass is 328 g/mol. The lowest BCUT2D eigenvalue weighted by atomic mass is 10.0. The van der Waals surface area contributed by atoms with Gasteiger partial charge in [-0.1, -0.05) is 31.5 Å². The topological polar surface area (TPSA) is 78.1 Å². The number of rotatable bonds is 5. The van der Waals surface area contributed by atoms with Crippen molar-refractivity contribution in [2.45, 2.75) is 38.6 Å². The number of carbonyl (C=O) groups excluding carboxylic acids is 1. The van der Waals surface area contributed by atoms with E-state index in [1.807, 2.05) is 6.07 Å². The Morgan fingerprint density at radius 2 is 2.00 bits per heavy atom. The minimum Gasteiger partial charge on any atom is -0.348 e. The number of nitrogens with zero attached hydrogens (tertiary/aromatic N) is 2. The van der Waals surface area contributed by atoms with E-state index in [0.717, 1.165) is 32.5 Å². The number of piperidine rings is 1. The van der Waals surface area contributed by atoms with E-state index in [-0.39, 0.29) is 17.5 Å². The van der Waals surface area contributed by atoms with Crippen molar-refractivity contribution in [1.82, 2.24) is 20.4 Å². The Morgan fingerprint density at radius 3 is 2.71 bits per heavy atom. The average molecular weight is 328 g/mol. The standard InChI is InChI=1S/C18H24N4O2/c1-2-3-10-22-11-8-13(9-12-22)19-18(24)16-14-6-4-5-7-15(14)17(23)21-20-16/h4-7,13H,2-3,8-12H2,1H3,(H,19,24)(H,21,23). The Labute approximate surface area is 141 Å². The van der Waals surface area contributed by atoms with Crippen molar-refractivity contribution in [3.05, 3.63) is 40.3 Å². The summed E-state index contributed by atoms with van der Waals surface area (Å²) in [6.45, 7) is 5.38. The van der Waals surface area contributed by atoms with Crippen LogP contribution < -0.4 is 10.9 Å². The summed E-state index contributed by atoms with van der Waals surface area (Å²) in [6.07, 6.45) is 4.35. The molecule has 0 bridgehead atoms. The zero-order valence-electron chi connectivity index (χ0n) is 14.0. The minimum atomic E-state index is -0.272. The third-order valence-electron chi connectivity index (χ3n) is 4.66. The number of unbranched alkanes of at least 4 members (excludes halogenated alkanes) is 1. The predicted molar refractivity (Wildman–Crippen MR) is 94.2 cm³/mol. The third-order valence-corrected chi connectivity index (χ3v) is 4.66. The number of hydrogen-bond donors (Lipinski definition) is 2. The molecule has 1 aliphatic rings. The number of hydrogen-bond acceptors (Lipinski definition) is 4. The van der Waals surface area contributed by atoms with E-state index in [4.69, 9.17) is 0 Å². The summed E-state index contributed by atoms with van der Waals surface area (Å²) in [6, 6.07) is 7.24. The van der Waals surface area contributed by atoms with Gasteiger partial charge >= 0.3 is 0 Å². The van der Waals surface area contributed by atoms with Crippen LogP contribution in [0.1, 0.15) is 43.1 Å². The maximum atomic E-state index is 12.6. The normalized spacial score (nSPS) is 16.4. The van der Waals surface area contributed by atoms with E-state index >= 15 is 0 Å². The molecule has 1 aromatic carbocycles. The second-order valence-electron chi connectivity index (χ2n) is 6.39. The summed E-state index contributed by atoms with van der Waals surface area (Å²) in [5, 5.41) is 10.5. The molecule has 6 heteroatoms. The summed E-state index contributed by atoms with van der Waals surface area (Å²) in [5.41, 5.74) is 0.0185. The highest BCUT2D eigenvalue weighted by Gasteiger charge is 2.22. The van der Waals surface area contributed by atoms with Gasteiger partial charge in [-0.2, -0.15) is 5.10 Å². The number of likely N-dealkylation sites (tertiary alicyclic amines) is 1. The van der Waals surface area contributed by atoms with Gasteiger partial charge in [0.05, 0.1) is 5.39 Å². The van der Waals surface area contributed by atoms with Gasteiger partial charge in [0, 0.05) is 24.5 Å². The van der Waals surface area contributed by atoms with Crippen LogP contribution in [0.3, 0.4) is 0 Å². The van der Waals surface area contributed by atoms with Crippen LogP contribution in [0.4, 0.5) is 0 Å². The molecule has 1 fully saturated rings. The number of fused-ring (bicyclic) bond motifs is 1. The molecular formula is C18H24N4O2. The molecule has 1 aromatic heterocycles. The van der Waals surface area contributed by atoms with E-state index in [2.05, 4.69) is 27.3 Å². The quantitative estimate of drug-likeness (QED) is 0.879. The number of aromatic amines is 1. The van der Waals surface area contributed by atoms with Crippen molar-refractivity contribution in [3.8, 4) is 0 Å². The van der Waals surface area contributed by atoms with Crippen molar-refractivity contribution in [3.63, 3.8) is 0 Å². The van der Waals surface area contributed by atoms with Gasteiger partial charge in [-0.3, -0.25) is 9.59 Å².